The predicted octanol–water partition coefficient (Wildman–Crippen LogP) is 5.47. The largest absolute Gasteiger partial charge is 0.482 e. The standard InChI is InChI=1S/C22H25BrCl2N2O3/c1-14(21(29)26-22(2,3)4)27(12-15-7-5-6-8-17(15)24)20(28)13-30-19-10-9-16(23)11-18(19)25/h5-11,14H,12-13H2,1-4H3,(H,26,29)/t14-/m0/s1. The van der Waals surface area contributed by atoms with E-state index < -0.39 is 11.6 Å². The maximum absolute atomic E-state index is 13.0. The molecule has 0 saturated carbocycles. The van der Waals surface area contributed by atoms with Crippen LogP contribution in [-0.4, -0.2) is 34.9 Å². The maximum Gasteiger partial charge on any atom is 0.261 e. The average molecular weight is 516 g/mol. The molecule has 0 heterocycles. The van der Waals surface area contributed by atoms with Crippen molar-refractivity contribution in [3.8, 4) is 5.75 Å². The van der Waals surface area contributed by atoms with Gasteiger partial charge in [0.05, 0.1) is 5.02 Å². The van der Waals surface area contributed by atoms with Gasteiger partial charge in [0.25, 0.3) is 5.91 Å². The van der Waals surface area contributed by atoms with E-state index in [0.29, 0.717) is 15.8 Å². The molecule has 162 valence electrons. The number of amides is 2. The Hall–Kier alpha value is -1.76. The lowest BCUT2D eigenvalue weighted by molar-refractivity contribution is -0.142. The summed E-state index contributed by atoms with van der Waals surface area (Å²) in [5.41, 5.74) is 0.316. The molecule has 1 atom stereocenters. The Kier molecular flexibility index (Phi) is 8.59. The van der Waals surface area contributed by atoms with Crippen molar-refractivity contribution in [3.63, 3.8) is 0 Å². The molecule has 0 aliphatic rings. The van der Waals surface area contributed by atoms with Crippen LogP contribution >= 0.6 is 39.1 Å². The summed E-state index contributed by atoms with van der Waals surface area (Å²) in [6, 6.07) is 11.6. The highest BCUT2D eigenvalue weighted by atomic mass is 79.9. The van der Waals surface area contributed by atoms with Crippen LogP contribution in [0.25, 0.3) is 0 Å². The fourth-order valence-corrected chi connectivity index (χ4v) is 3.60. The molecule has 0 aromatic heterocycles. The van der Waals surface area contributed by atoms with Crippen molar-refractivity contribution in [2.45, 2.75) is 45.8 Å². The Morgan fingerprint density at radius 3 is 2.40 bits per heavy atom. The van der Waals surface area contributed by atoms with Crippen LogP contribution in [-0.2, 0) is 16.1 Å². The molecule has 0 fully saturated rings. The fraction of sp³-hybridized carbons (Fsp3) is 0.364. The minimum atomic E-state index is -0.725. The zero-order valence-electron chi connectivity index (χ0n) is 17.3. The summed E-state index contributed by atoms with van der Waals surface area (Å²) in [6.07, 6.45) is 0. The predicted molar refractivity (Wildman–Crippen MR) is 124 cm³/mol. The Bertz CT molecular complexity index is 915. The summed E-state index contributed by atoms with van der Waals surface area (Å²) in [6.45, 7) is 7.25. The summed E-state index contributed by atoms with van der Waals surface area (Å²) in [5.74, 6) is -0.229. The normalized spacial score (nSPS) is 12.2. The van der Waals surface area contributed by atoms with Gasteiger partial charge in [-0.25, -0.2) is 0 Å². The molecule has 8 heteroatoms. The number of nitrogens with one attached hydrogen (secondary N) is 1. The maximum atomic E-state index is 13.0. The van der Waals surface area contributed by atoms with Crippen molar-refractivity contribution in [2.24, 2.45) is 0 Å². The highest BCUT2D eigenvalue weighted by Gasteiger charge is 2.29. The van der Waals surface area contributed by atoms with Crippen molar-refractivity contribution in [1.82, 2.24) is 10.2 Å². The summed E-state index contributed by atoms with van der Waals surface area (Å²) in [7, 11) is 0. The molecule has 5 nitrogen and oxygen atoms in total. The third-order valence-corrected chi connectivity index (χ3v) is 5.37. The number of carbonyl (C=O) groups excluding carboxylic acids is 2. The quantitative estimate of drug-likeness (QED) is 0.532. The molecule has 0 bridgehead atoms. The van der Waals surface area contributed by atoms with Crippen molar-refractivity contribution >= 4 is 50.9 Å². The first kappa shape index (κ1) is 24.5. The van der Waals surface area contributed by atoms with E-state index in [9.17, 15) is 9.59 Å². The van der Waals surface area contributed by atoms with Gasteiger partial charge in [-0.2, -0.15) is 0 Å². The summed E-state index contributed by atoms with van der Waals surface area (Å²) >= 11 is 15.8. The minimum Gasteiger partial charge on any atom is -0.482 e. The average Bonchev–Trinajstić information content (AvgIpc) is 2.64. The molecule has 0 spiro atoms. The van der Waals surface area contributed by atoms with E-state index in [4.69, 9.17) is 27.9 Å². The molecule has 2 rings (SSSR count). The molecule has 0 unspecified atom stereocenters. The lowest BCUT2D eigenvalue weighted by atomic mass is 10.1. The third-order valence-electron chi connectivity index (χ3n) is 4.21. The van der Waals surface area contributed by atoms with E-state index in [0.717, 1.165) is 10.0 Å². The van der Waals surface area contributed by atoms with E-state index >= 15 is 0 Å². The van der Waals surface area contributed by atoms with Gasteiger partial charge in [-0.1, -0.05) is 57.3 Å². The number of halogens is 3. The Labute approximate surface area is 195 Å². The number of hydrogen-bond acceptors (Lipinski definition) is 3. The number of carbonyl (C=O) groups is 2. The Balaban J connectivity index is 2.21. The van der Waals surface area contributed by atoms with Crippen molar-refractivity contribution in [3.05, 3.63) is 62.5 Å². The highest BCUT2D eigenvalue weighted by molar-refractivity contribution is 9.10. The van der Waals surface area contributed by atoms with Gasteiger partial charge in [0.15, 0.2) is 6.61 Å². The molecule has 2 aromatic rings. The lowest BCUT2D eigenvalue weighted by Crippen LogP contribution is -2.53. The first-order valence-corrected chi connectivity index (χ1v) is 11.0. The van der Waals surface area contributed by atoms with Crippen LogP contribution in [0.2, 0.25) is 10.0 Å². The minimum absolute atomic E-state index is 0.175. The van der Waals surface area contributed by atoms with Crippen LogP contribution in [0.15, 0.2) is 46.9 Å². The monoisotopic (exact) mass is 514 g/mol. The topological polar surface area (TPSA) is 58.6 Å². The van der Waals surface area contributed by atoms with E-state index in [2.05, 4.69) is 21.2 Å². The number of nitrogens with zero attached hydrogens (tertiary/aromatic N) is 1. The first-order valence-electron chi connectivity index (χ1n) is 9.40. The molecule has 0 aliphatic carbocycles. The van der Waals surface area contributed by atoms with Gasteiger partial charge < -0.3 is 15.0 Å². The van der Waals surface area contributed by atoms with Crippen LogP contribution in [0, 0.1) is 0 Å². The van der Waals surface area contributed by atoms with Crippen molar-refractivity contribution in [1.29, 1.82) is 0 Å². The highest BCUT2D eigenvalue weighted by Crippen LogP contribution is 2.28. The van der Waals surface area contributed by atoms with Crippen LogP contribution < -0.4 is 10.1 Å². The molecule has 2 amide bonds. The molecule has 2 aromatic carbocycles. The number of ether oxygens (including phenoxy) is 1. The van der Waals surface area contributed by atoms with Crippen LogP contribution in [0.4, 0.5) is 0 Å². The SMILES string of the molecule is C[C@@H](C(=O)NC(C)(C)C)N(Cc1ccccc1Cl)C(=O)COc1ccc(Br)cc1Cl. The summed E-state index contributed by atoms with van der Waals surface area (Å²) in [5, 5.41) is 3.82. The molecular formula is C22H25BrCl2N2O3. The third kappa shape index (κ3) is 7.18. The van der Waals surface area contributed by atoms with Crippen molar-refractivity contribution in [2.75, 3.05) is 6.61 Å². The van der Waals surface area contributed by atoms with E-state index in [1.165, 1.54) is 4.90 Å². The van der Waals surface area contributed by atoms with Gasteiger partial charge in [-0.15, -0.1) is 0 Å². The van der Waals surface area contributed by atoms with Gasteiger partial charge in [-0.05, 0) is 57.5 Å². The summed E-state index contributed by atoms with van der Waals surface area (Å²) in [4.78, 5) is 27.2. The van der Waals surface area contributed by atoms with Gasteiger partial charge in [0.2, 0.25) is 5.91 Å². The smallest absolute Gasteiger partial charge is 0.261 e. The second-order valence-corrected chi connectivity index (χ2v) is 9.62. The van der Waals surface area contributed by atoms with Gasteiger partial charge in [0.1, 0.15) is 11.8 Å². The number of rotatable bonds is 7. The molecule has 30 heavy (non-hydrogen) atoms. The Morgan fingerprint density at radius 2 is 1.80 bits per heavy atom. The molecule has 0 saturated heterocycles. The van der Waals surface area contributed by atoms with Crippen LogP contribution in [0.1, 0.15) is 33.3 Å². The number of hydrogen-bond donors (Lipinski definition) is 1. The zero-order chi connectivity index (χ0) is 22.5. The molecular weight excluding hydrogens is 491 g/mol. The Morgan fingerprint density at radius 1 is 1.13 bits per heavy atom. The van der Waals surface area contributed by atoms with Crippen LogP contribution in [0.3, 0.4) is 0 Å². The second-order valence-electron chi connectivity index (χ2n) is 7.89. The van der Waals surface area contributed by atoms with E-state index in [-0.39, 0.29) is 25.0 Å². The first-order chi connectivity index (χ1) is 14.0. The zero-order valence-corrected chi connectivity index (χ0v) is 20.4. The number of benzene rings is 2. The lowest BCUT2D eigenvalue weighted by Gasteiger charge is -2.31. The van der Waals surface area contributed by atoms with Crippen molar-refractivity contribution < 1.29 is 14.3 Å². The molecule has 0 aliphatic heterocycles. The fourth-order valence-electron chi connectivity index (χ4n) is 2.68. The second kappa shape index (κ2) is 10.5. The summed E-state index contributed by atoms with van der Waals surface area (Å²) < 4.78 is 6.43. The molecule has 0 radical (unpaired) electrons. The molecule has 1 N–H and O–H groups in total. The van der Waals surface area contributed by atoms with E-state index in [1.807, 2.05) is 39.0 Å². The van der Waals surface area contributed by atoms with Gasteiger partial charge >= 0.3 is 0 Å². The van der Waals surface area contributed by atoms with Crippen LogP contribution in [0.5, 0.6) is 5.75 Å². The van der Waals surface area contributed by atoms with E-state index in [1.54, 1.807) is 31.2 Å². The van der Waals surface area contributed by atoms with Gasteiger partial charge in [-0.3, -0.25) is 9.59 Å². The van der Waals surface area contributed by atoms with Gasteiger partial charge in [0, 0.05) is 21.6 Å².